The zero-order valence-electron chi connectivity index (χ0n) is 20.1. The van der Waals surface area contributed by atoms with Gasteiger partial charge in [-0.2, -0.15) is 0 Å². The van der Waals surface area contributed by atoms with Crippen molar-refractivity contribution in [2.75, 3.05) is 0 Å². The second-order valence-electron chi connectivity index (χ2n) is 11.6. The standard InChI is InChI=1S/C30H43N/c1-5-6-7-21-11-13-27-25(21)18-26(22-10-9-20(3)28(31)17-22)29-24-12-8-19(2)16-23(24)14-15-30(27,29)4/h9-10,16-17,20-21,25-28H,2,5-8,11-15,18,31H2,1,3-4H3. The van der Waals surface area contributed by atoms with E-state index in [4.69, 9.17) is 5.73 Å². The van der Waals surface area contributed by atoms with E-state index < -0.39 is 0 Å². The van der Waals surface area contributed by atoms with Gasteiger partial charge < -0.3 is 5.73 Å². The van der Waals surface area contributed by atoms with Crippen LogP contribution in [0.2, 0.25) is 0 Å². The molecule has 5 aliphatic carbocycles. The van der Waals surface area contributed by atoms with Crippen LogP contribution >= 0.6 is 0 Å². The summed E-state index contributed by atoms with van der Waals surface area (Å²) in [5, 5.41) is 0. The molecule has 1 heteroatoms. The molecule has 7 atom stereocenters. The lowest BCUT2D eigenvalue weighted by Gasteiger charge is -2.54. The Kier molecular flexibility index (Phi) is 5.70. The van der Waals surface area contributed by atoms with Crippen LogP contribution in [0.25, 0.3) is 0 Å². The molecular weight excluding hydrogens is 374 g/mol. The second kappa shape index (κ2) is 8.22. The Morgan fingerprint density at radius 1 is 1.19 bits per heavy atom. The normalized spacial score (nSPS) is 42.0. The maximum atomic E-state index is 6.56. The molecule has 31 heavy (non-hydrogen) atoms. The zero-order valence-corrected chi connectivity index (χ0v) is 20.1. The lowest BCUT2D eigenvalue weighted by Crippen LogP contribution is -2.45. The molecule has 2 fully saturated rings. The van der Waals surface area contributed by atoms with E-state index in [0.29, 0.717) is 17.3 Å². The molecule has 2 saturated carbocycles. The van der Waals surface area contributed by atoms with E-state index in [1.807, 2.05) is 5.57 Å². The van der Waals surface area contributed by atoms with E-state index in [0.717, 1.165) is 24.2 Å². The van der Waals surface area contributed by atoms with Crippen LogP contribution in [0.5, 0.6) is 0 Å². The molecule has 0 aromatic carbocycles. The van der Waals surface area contributed by atoms with Gasteiger partial charge in [-0.25, -0.2) is 0 Å². The maximum Gasteiger partial charge on any atom is 0.0290 e. The van der Waals surface area contributed by atoms with Crippen molar-refractivity contribution in [1.82, 2.24) is 0 Å². The highest BCUT2D eigenvalue weighted by atomic mass is 14.6. The quantitative estimate of drug-likeness (QED) is 0.499. The SMILES string of the molecule is C=C1C=C2CCC3(C)C(=C2CC1)C(C1=CC(N)C(C)C=C1)CC1C(CCCC)CCC13. The molecular formula is C30H43N. The minimum absolute atomic E-state index is 0.166. The molecule has 0 bridgehead atoms. The van der Waals surface area contributed by atoms with Crippen molar-refractivity contribution in [3.63, 3.8) is 0 Å². The van der Waals surface area contributed by atoms with Crippen LogP contribution in [0, 0.1) is 35.0 Å². The summed E-state index contributed by atoms with van der Waals surface area (Å²) in [6.45, 7) is 11.6. The summed E-state index contributed by atoms with van der Waals surface area (Å²) in [5.41, 5.74) is 15.0. The van der Waals surface area contributed by atoms with Crippen LogP contribution in [0.3, 0.4) is 0 Å². The van der Waals surface area contributed by atoms with Crippen LogP contribution in [0.15, 0.2) is 58.7 Å². The Morgan fingerprint density at radius 3 is 2.81 bits per heavy atom. The molecule has 0 saturated heterocycles. The second-order valence-corrected chi connectivity index (χ2v) is 11.6. The first-order chi connectivity index (χ1) is 14.9. The van der Waals surface area contributed by atoms with Crippen LogP contribution in [0.1, 0.15) is 85.0 Å². The largest absolute Gasteiger partial charge is 0.324 e. The van der Waals surface area contributed by atoms with Crippen LogP contribution in [-0.2, 0) is 0 Å². The number of nitrogens with two attached hydrogens (primary N) is 1. The van der Waals surface area contributed by atoms with Crippen molar-refractivity contribution in [3.8, 4) is 0 Å². The van der Waals surface area contributed by atoms with E-state index in [1.165, 1.54) is 68.9 Å². The molecule has 0 aliphatic heterocycles. The number of rotatable bonds is 4. The number of hydrogen-bond donors (Lipinski definition) is 1. The van der Waals surface area contributed by atoms with Gasteiger partial charge in [0, 0.05) is 12.0 Å². The molecule has 168 valence electrons. The third kappa shape index (κ3) is 3.56. The van der Waals surface area contributed by atoms with E-state index in [9.17, 15) is 0 Å². The Labute approximate surface area is 190 Å². The molecule has 5 rings (SSSR count). The predicted octanol–water partition coefficient (Wildman–Crippen LogP) is 7.67. The molecule has 0 aromatic heterocycles. The van der Waals surface area contributed by atoms with Crippen molar-refractivity contribution >= 4 is 0 Å². The number of unbranched alkanes of at least 4 members (excludes halogenated alkanes) is 1. The van der Waals surface area contributed by atoms with Crippen molar-refractivity contribution in [3.05, 3.63) is 58.7 Å². The van der Waals surface area contributed by atoms with Gasteiger partial charge in [0.25, 0.3) is 0 Å². The van der Waals surface area contributed by atoms with Crippen molar-refractivity contribution in [2.45, 2.75) is 91.0 Å². The van der Waals surface area contributed by atoms with E-state index in [1.54, 1.807) is 11.1 Å². The summed E-state index contributed by atoms with van der Waals surface area (Å²) in [7, 11) is 0. The van der Waals surface area contributed by atoms with Crippen LogP contribution in [-0.4, -0.2) is 6.04 Å². The van der Waals surface area contributed by atoms with Crippen molar-refractivity contribution in [2.24, 2.45) is 40.7 Å². The molecule has 0 amide bonds. The van der Waals surface area contributed by atoms with Gasteiger partial charge in [0.1, 0.15) is 0 Å². The summed E-state index contributed by atoms with van der Waals surface area (Å²) in [6.07, 6.45) is 23.1. The predicted molar refractivity (Wildman–Crippen MR) is 133 cm³/mol. The van der Waals surface area contributed by atoms with E-state index >= 15 is 0 Å². The lowest BCUT2D eigenvalue weighted by molar-refractivity contribution is 0.0811. The first-order valence-electron chi connectivity index (χ1n) is 13.2. The highest BCUT2D eigenvalue weighted by Crippen LogP contribution is 2.65. The van der Waals surface area contributed by atoms with Crippen LogP contribution in [0.4, 0.5) is 0 Å². The molecule has 0 aromatic rings. The third-order valence-electron chi connectivity index (χ3n) is 9.88. The molecule has 0 radical (unpaired) electrons. The molecule has 7 unspecified atom stereocenters. The van der Waals surface area contributed by atoms with Gasteiger partial charge in [-0.3, -0.25) is 0 Å². The smallest absolute Gasteiger partial charge is 0.0290 e. The minimum Gasteiger partial charge on any atom is -0.324 e. The van der Waals surface area contributed by atoms with Crippen LogP contribution < -0.4 is 5.73 Å². The first-order valence-corrected chi connectivity index (χ1v) is 13.2. The van der Waals surface area contributed by atoms with Gasteiger partial charge in [-0.1, -0.05) is 82.1 Å². The van der Waals surface area contributed by atoms with Crippen molar-refractivity contribution < 1.29 is 0 Å². The summed E-state index contributed by atoms with van der Waals surface area (Å²) < 4.78 is 0. The summed E-state index contributed by atoms with van der Waals surface area (Å²) in [5.74, 6) is 3.76. The fraction of sp³-hybridized carbons (Fsp3) is 0.667. The topological polar surface area (TPSA) is 26.0 Å². The number of fused-ring (bicyclic) bond motifs is 4. The average molecular weight is 418 g/mol. The molecule has 1 nitrogen and oxygen atoms in total. The third-order valence-corrected chi connectivity index (χ3v) is 9.88. The van der Waals surface area contributed by atoms with Gasteiger partial charge in [-0.15, -0.1) is 0 Å². The Morgan fingerprint density at radius 2 is 2.03 bits per heavy atom. The molecule has 5 aliphatic rings. The summed E-state index contributed by atoms with van der Waals surface area (Å²) >= 11 is 0. The van der Waals surface area contributed by atoms with Gasteiger partial charge in [0.15, 0.2) is 0 Å². The number of allylic oxidation sites excluding steroid dienone is 7. The highest BCUT2D eigenvalue weighted by Gasteiger charge is 2.55. The zero-order chi connectivity index (χ0) is 21.8. The molecule has 0 heterocycles. The van der Waals surface area contributed by atoms with Gasteiger partial charge >= 0.3 is 0 Å². The Bertz CT molecular complexity index is 867. The highest BCUT2D eigenvalue weighted by molar-refractivity contribution is 5.52. The summed E-state index contributed by atoms with van der Waals surface area (Å²) in [6, 6.07) is 0.166. The monoisotopic (exact) mass is 417 g/mol. The lowest BCUT2D eigenvalue weighted by atomic mass is 9.50. The van der Waals surface area contributed by atoms with Gasteiger partial charge in [-0.05, 0) is 90.8 Å². The van der Waals surface area contributed by atoms with Gasteiger partial charge in [0.2, 0.25) is 0 Å². The van der Waals surface area contributed by atoms with E-state index in [-0.39, 0.29) is 6.04 Å². The fourth-order valence-electron chi connectivity index (χ4n) is 8.12. The molecule has 0 spiro atoms. The van der Waals surface area contributed by atoms with Gasteiger partial charge in [0.05, 0.1) is 0 Å². The maximum absolute atomic E-state index is 6.56. The van der Waals surface area contributed by atoms with E-state index in [2.05, 4.69) is 51.7 Å². The fourth-order valence-corrected chi connectivity index (χ4v) is 8.12. The average Bonchev–Trinajstić information content (AvgIpc) is 3.17. The summed E-state index contributed by atoms with van der Waals surface area (Å²) in [4.78, 5) is 0. The minimum atomic E-state index is 0.166. The Hall–Kier alpha value is -1.34. The Balaban J connectivity index is 1.61. The number of hydrogen-bond acceptors (Lipinski definition) is 1. The first kappa shape index (κ1) is 21.5. The molecule has 2 N–H and O–H groups in total. The van der Waals surface area contributed by atoms with Crippen molar-refractivity contribution in [1.29, 1.82) is 0 Å².